The maximum atomic E-state index is 12.0. The van der Waals surface area contributed by atoms with Gasteiger partial charge in [-0.15, -0.1) is 0 Å². The quantitative estimate of drug-likeness (QED) is 0.835. The number of hydrogen-bond acceptors (Lipinski definition) is 3. The van der Waals surface area contributed by atoms with E-state index in [-0.39, 0.29) is 12.1 Å². The minimum atomic E-state index is -0.249. The molecule has 4 heteroatoms. The van der Waals surface area contributed by atoms with Gasteiger partial charge in [0.1, 0.15) is 11.5 Å². The third-order valence-corrected chi connectivity index (χ3v) is 3.21. The Balaban J connectivity index is 2.04. The lowest BCUT2D eigenvalue weighted by Gasteiger charge is -2.34. The van der Waals surface area contributed by atoms with Crippen molar-refractivity contribution in [3.63, 3.8) is 0 Å². The van der Waals surface area contributed by atoms with Crippen molar-refractivity contribution in [2.75, 3.05) is 11.9 Å². The van der Waals surface area contributed by atoms with Crippen molar-refractivity contribution in [3.8, 4) is 0 Å². The van der Waals surface area contributed by atoms with E-state index in [1.807, 2.05) is 55.3 Å². The number of aryl methyl sites for hydroxylation is 1. The third-order valence-electron chi connectivity index (χ3n) is 3.21. The van der Waals surface area contributed by atoms with Gasteiger partial charge in [-0.3, -0.25) is 4.79 Å². The third kappa shape index (κ3) is 1.57. The predicted octanol–water partition coefficient (Wildman–Crippen LogP) is 2.47. The fourth-order valence-corrected chi connectivity index (χ4v) is 2.27. The van der Waals surface area contributed by atoms with Crippen molar-refractivity contribution < 1.29 is 9.21 Å². The van der Waals surface area contributed by atoms with Gasteiger partial charge < -0.3 is 14.6 Å². The van der Waals surface area contributed by atoms with Crippen LogP contribution in [0, 0.1) is 6.92 Å². The molecule has 0 bridgehead atoms. The average molecular weight is 242 g/mol. The Hall–Kier alpha value is -2.23. The van der Waals surface area contributed by atoms with Crippen LogP contribution in [0.25, 0.3) is 0 Å². The Morgan fingerprint density at radius 1 is 1.22 bits per heavy atom. The highest BCUT2D eigenvalue weighted by molar-refractivity contribution is 6.01. The van der Waals surface area contributed by atoms with Crippen LogP contribution < -0.4 is 10.2 Å². The van der Waals surface area contributed by atoms with Crippen LogP contribution in [0.1, 0.15) is 28.0 Å². The van der Waals surface area contributed by atoms with E-state index >= 15 is 0 Å². The summed E-state index contributed by atoms with van der Waals surface area (Å²) in [7, 11) is 1.95. The number of nitrogens with one attached hydrogen (secondary N) is 1. The van der Waals surface area contributed by atoms with Gasteiger partial charge in [0.2, 0.25) is 0 Å². The maximum absolute atomic E-state index is 12.0. The van der Waals surface area contributed by atoms with E-state index in [1.165, 1.54) is 0 Å². The summed E-state index contributed by atoms with van der Waals surface area (Å²) in [6.45, 7) is 1.89. The van der Waals surface area contributed by atoms with Gasteiger partial charge in [-0.05, 0) is 31.2 Å². The van der Waals surface area contributed by atoms with Crippen LogP contribution in [0.3, 0.4) is 0 Å². The van der Waals surface area contributed by atoms with Crippen LogP contribution in [-0.4, -0.2) is 13.0 Å². The number of carbonyl (C=O) groups is 1. The second kappa shape index (κ2) is 3.91. The van der Waals surface area contributed by atoms with Gasteiger partial charge >= 0.3 is 0 Å². The summed E-state index contributed by atoms with van der Waals surface area (Å²) in [5, 5.41) is 2.95. The molecule has 0 saturated carbocycles. The molecule has 1 aromatic heterocycles. The molecule has 0 aliphatic carbocycles. The summed E-state index contributed by atoms with van der Waals surface area (Å²) >= 11 is 0. The van der Waals surface area contributed by atoms with Crippen LogP contribution in [0.4, 0.5) is 5.69 Å². The normalized spacial score (nSPS) is 18.4. The molecule has 1 aliphatic heterocycles. The number of para-hydroxylation sites is 1. The number of rotatable bonds is 1. The minimum absolute atomic E-state index is 0.0669. The van der Waals surface area contributed by atoms with E-state index in [2.05, 4.69) is 5.32 Å². The molecule has 2 aromatic rings. The minimum Gasteiger partial charge on any atom is -0.462 e. The Bertz CT molecular complexity index is 603. The maximum Gasteiger partial charge on any atom is 0.255 e. The van der Waals surface area contributed by atoms with Crippen LogP contribution in [0.15, 0.2) is 40.8 Å². The largest absolute Gasteiger partial charge is 0.462 e. The van der Waals surface area contributed by atoms with Crippen molar-refractivity contribution in [1.29, 1.82) is 0 Å². The first-order valence-corrected chi connectivity index (χ1v) is 5.86. The van der Waals surface area contributed by atoms with E-state index in [1.54, 1.807) is 0 Å². The van der Waals surface area contributed by atoms with Gasteiger partial charge in [0, 0.05) is 7.05 Å². The monoisotopic (exact) mass is 242 g/mol. The molecule has 1 amide bonds. The predicted molar refractivity (Wildman–Crippen MR) is 68.5 cm³/mol. The molecule has 0 saturated heterocycles. The number of anilines is 1. The summed E-state index contributed by atoms with van der Waals surface area (Å²) in [5.74, 6) is 1.52. The first-order valence-electron chi connectivity index (χ1n) is 5.86. The zero-order valence-corrected chi connectivity index (χ0v) is 10.3. The van der Waals surface area contributed by atoms with E-state index in [9.17, 15) is 4.79 Å². The van der Waals surface area contributed by atoms with Gasteiger partial charge in [-0.25, -0.2) is 0 Å². The van der Waals surface area contributed by atoms with Crippen LogP contribution >= 0.6 is 0 Å². The second-order valence-electron chi connectivity index (χ2n) is 4.45. The average Bonchev–Trinajstić information content (AvgIpc) is 2.80. The number of nitrogens with zero attached hydrogens (tertiary/aromatic N) is 1. The van der Waals surface area contributed by atoms with Crippen molar-refractivity contribution in [2.24, 2.45) is 0 Å². The van der Waals surface area contributed by atoms with Gasteiger partial charge in [-0.1, -0.05) is 12.1 Å². The smallest absolute Gasteiger partial charge is 0.255 e. The van der Waals surface area contributed by atoms with E-state index in [4.69, 9.17) is 4.42 Å². The molecule has 0 fully saturated rings. The molecule has 1 atom stereocenters. The highest BCUT2D eigenvalue weighted by Crippen LogP contribution is 2.31. The SMILES string of the molecule is Cc1ccc([C@H]2NC(=O)c3ccccc3N2C)o1. The number of furan rings is 1. The lowest BCUT2D eigenvalue weighted by molar-refractivity contribution is 0.0922. The Labute approximate surface area is 105 Å². The van der Waals surface area contributed by atoms with Gasteiger partial charge in [0.05, 0.1) is 11.3 Å². The first-order chi connectivity index (χ1) is 8.66. The molecule has 0 spiro atoms. The lowest BCUT2D eigenvalue weighted by Crippen LogP contribution is -2.44. The number of carbonyl (C=O) groups excluding carboxylic acids is 1. The summed E-state index contributed by atoms with van der Waals surface area (Å²) in [6.07, 6.45) is -0.249. The van der Waals surface area contributed by atoms with Crippen molar-refractivity contribution >= 4 is 11.6 Å². The van der Waals surface area contributed by atoms with Gasteiger partial charge in [0.15, 0.2) is 6.17 Å². The van der Waals surface area contributed by atoms with Gasteiger partial charge in [0.25, 0.3) is 5.91 Å². The van der Waals surface area contributed by atoms with E-state index < -0.39 is 0 Å². The fraction of sp³-hybridized carbons (Fsp3) is 0.214. The summed E-state index contributed by atoms with van der Waals surface area (Å²) in [6, 6.07) is 11.4. The highest BCUT2D eigenvalue weighted by atomic mass is 16.3. The van der Waals surface area contributed by atoms with Crippen LogP contribution in [0.2, 0.25) is 0 Å². The zero-order chi connectivity index (χ0) is 12.7. The Morgan fingerprint density at radius 3 is 2.72 bits per heavy atom. The molecule has 1 aliphatic rings. The molecule has 1 aromatic carbocycles. The summed E-state index contributed by atoms with van der Waals surface area (Å²) < 4.78 is 5.60. The number of amides is 1. The molecule has 2 heterocycles. The first kappa shape index (κ1) is 10.9. The van der Waals surface area contributed by atoms with Gasteiger partial charge in [-0.2, -0.15) is 0 Å². The van der Waals surface area contributed by atoms with Crippen molar-refractivity contribution in [1.82, 2.24) is 5.32 Å². The number of hydrogen-bond donors (Lipinski definition) is 1. The Morgan fingerprint density at radius 2 is 2.00 bits per heavy atom. The molecule has 18 heavy (non-hydrogen) atoms. The van der Waals surface area contributed by atoms with Crippen molar-refractivity contribution in [2.45, 2.75) is 13.1 Å². The molecular weight excluding hydrogens is 228 g/mol. The Kier molecular flexibility index (Phi) is 2.37. The number of benzene rings is 1. The topological polar surface area (TPSA) is 45.5 Å². The summed E-state index contributed by atoms with van der Waals surface area (Å²) in [4.78, 5) is 14.1. The molecular formula is C14H14N2O2. The molecule has 0 radical (unpaired) electrons. The number of fused-ring (bicyclic) bond motifs is 1. The fourth-order valence-electron chi connectivity index (χ4n) is 2.27. The molecule has 92 valence electrons. The second-order valence-corrected chi connectivity index (χ2v) is 4.45. The van der Waals surface area contributed by atoms with Crippen molar-refractivity contribution in [3.05, 3.63) is 53.5 Å². The van der Waals surface area contributed by atoms with E-state index in [0.717, 1.165) is 17.2 Å². The highest BCUT2D eigenvalue weighted by Gasteiger charge is 2.30. The summed E-state index contributed by atoms with van der Waals surface area (Å²) in [5.41, 5.74) is 1.61. The molecule has 0 unspecified atom stereocenters. The standard InChI is InChI=1S/C14H14N2O2/c1-9-7-8-12(18-9)13-15-14(17)10-5-3-4-6-11(10)16(13)2/h3-8,13H,1-2H3,(H,15,17)/t13-/m0/s1. The zero-order valence-electron chi connectivity index (χ0n) is 10.3. The molecule has 1 N–H and O–H groups in total. The van der Waals surface area contributed by atoms with Crippen LogP contribution in [0.5, 0.6) is 0 Å². The lowest BCUT2D eigenvalue weighted by atomic mass is 10.1. The van der Waals surface area contributed by atoms with E-state index in [0.29, 0.717) is 5.56 Å². The molecule has 3 rings (SSSR count). The molecule has 4 nitrogen and oxygen atoms in total. The van der Waals surface area contributed by atoms with Crippen LogP contribution in [-0.2, 0) is 0 Å².